The van der Waals surface area contributed by atoms with Crippen LogP contribution >= 0.6 is 11.9 Å². The Bertz CT molecular complexity index is 878. The van der Waals surface area contributed by atoms with Crippen LogP contribution in [0, 0.1) is 23.2 Å². The SMILES string of the molecule is CCN(Sc1ccccc1C(F)(F)F)C(C)(C)C=O.CNC1C(C)CC2CC1CC(C)(C(N)=O)C2. The summed E-state index contributed by atoms with van der Waals surface area (Å²) in [6, 6.07) is 5.93. The third-order valence-electron chi connectivity index (χ3n) is 7.46. The Morgan fingerprint density at radius 2 is 1.89 bits per heavy atom. The van der Waals surface area contributed by atoms with Gasteiger partial charge >= 0.3 is 6.18 Å². The lowest BCUT2D eigenvalue weighted by Crippen LogP contribution is -2.52. The lowest BCUT2D eigenvalue weighted by Gasteiger charge is -2.49. The van der Waals surface area contributed by atoms with Crippen molar-refractivity contribution in [2.24, 2.45) is 28.9 Å². The molecule has 2 fully saturated rings. The summed E-state index contributed by atoms with van der Waals surface area (Å²) in [5.41, 5.74) is 3.80. The minimum absolute atomic E-state index is 0.103. The van der Waals surface area contributed by atoms with Crippen LogP contribution in [0.25, 0.3) is 0 Å². The van der Waals surface area contributed by atoms with Gasteiger partial charge < -0.3 is 15.8 Å². The van der Waals surface area contributed by atoms with Crippen LogP contribution in [0.5, 0.6) is 0 Å². The second kappa shape index (κ2) is 11.6. The lowest BCUT2D eigenvalue weighted by atomic mass is 9.57. The Labute approximate surface area is 211 Å². The molecule has 0 spiro atoms. The number of amides is 1. The molecule has 35 heavy (non-hydrogen) atoms. The van der Waals surface area contributed by atoms with Crippen LogP contribution in [0.1, 0.15) is 65.9 Å². The molecule has 5 atom stereocenters. The third-order valence-corrected chi connectivity index (χ3v) is 8.96. The van der Waals surface area contributed by atoms with Gasteiger partial charge in [0.2, 0.25) is 5.91 Å². The van der Waals surface area contributed by atoms with Crippen LogP contribution in [0.3, 0.4) is 0 Å². The highest BCUT2D eigenvalue weighted by Crippen LogP contribution is 2.50. The van der Waals surface area contributed by atoms with Crippen LogP contribution in [0.4, 0.5) is 13.2 Å². The standard InChI is InChI=1S/C13H16F3NOS.C13H24N2O/c1-4-17(12(2,3)9-18)19-11-8-6-5-7-10(11)13(14,15)16;1-8-4-9-5-10(11(8)15-3)7-13(2,6-9)12(14)16/h5-9H,4H2,1-3H3;8-11,15H,4-7H2,1-3H3,(H2,14,16). The van der Waals surface area contributed by atoms with E-state index in [1.807, 2.05) is 7.05 Å². The van der Waals surface area contributed by atoms with Crippen molar-refractivity contribution in [3.8, 4) is 0 Å². The van der Waals surface area contributed by atoms with Gasteiger partial charge in [0.1, 0.15) is 6.29 Å². The zero-order chi connectivity index (χ0) is 26.6. The number of benzene rings is 1. The maximum absolute atomic E-state index is 12.9. The van der Waals surface area contributed by atoms with Crippen molar-refractivity contribution in [1.29, 1.82) is 0 Å². The second-order valence-corrected chi connectivity index (χ2v) is 11.8. The highest BCUT2D eigenvalue weighted by molar-refractivity contribution is 7.97. The van der Waals surface area contributed by atoms with Gasteiger partial charge in [-0.3, -0.25) is 4.79 Å². The molecule has 0 saturated heterocycles. The quantitative estimate of drug-likeness (QED) is 0.369. The Hall–Kier alpha value is -1.58. The molecular weight excluding hydrogens is 475 g/mol. The van der Waals surface area contributed by atoms with Gasteiger partial charge in [-0.05, 0) is 88.4 Å². The average molecular weight is 516 g/mol. The maximum atomic E-state index is 12.9. The number of carbonyl (C=O) groups is 2. The third kappa shape index (κ3) is 7.23. The number of rotatable bonds is 7. The van der Waals surface area contributed by atoms with Crippen molar-refractivity contribution in [2.75, 3.05) is 13.6 Å². The number of carbonyl (C=O) groups excluding carboxylic acids is 2. The summed E-state index contributed by atoms with van der Waals surface area (Å²) in [5, 5.41) is 3.43. The number of halogens is 3. The molecule has 0 aliphatic heterocycles. The largest absolute Gasteiger partial charge is 0.417 e. The van der Waals surface area contributed by atoms with E-state index in [0.717, 1.165) is 43.1 Å². The predicted octanol–water partition coefficient (Wildman–Crippen LogP) is 5.53. The molecule has 1 amide bonds. The lowest BCUT2D eigenvalue weighted by molar-refractivity contribution is -0.139. The van der Waals surface area contributed by atoms with E-state index in [2.05, 4.69) is 19.2 Å². The monoisotopic (exact) mass is 515 g/mol. The van der Waals surface area contributed by atoms with E-state index >= 15 is 0 Å². The molecule has 0 heterocycles. The maximum Gasteiger partial charge on any atom is 0.417 e. The topological polar surface area (TPSA) is 75.4 Å². The number of aldehydes is 1. The molecule has 2 saturated carbocycles. The normalized spacial score (nSPS) is 28.7. The van der Waals surface area contributed by atoms with Gasteiger partial charge in [0.05, 0.1) is 11.1 Å². The molecule has 3 rings (SSSR count). The minimum atomic E-state index is -4.39. The van der Waals surface area contributed by atoms with E-state index in [-0.39, 0.29) is 16.2 Å². The number of hydrogen-bond donors (Lipinski definition) is 2. The molecule has 1 aromatic carbocycles. The molecule has 0 radical (unpaired) electrons. The number of nitrogens with zero attached hydrogens (tertiary/aromatic N) is 1. The molecule has 1 aromatic rings. The van der Waals surface area contributed by atoms with Crippen LogP contribution in [0.15, 0.2) is 29.2 Å². The number of likely N-dealkylation sites (N-methyl/N-ethyl adjacent to an activating group) is 1. The molecule has 2 aliphatic rings. The molecule has 198 valence electrons. The smallest absolute Gasteiger partial charge is 0.369 e. The van der Waals surface area contributed by atoms with Gasteiger partial charge in [0.15, 0.2) is 0 Å². The summed E-state index contributed by atoms with van der Waals surface area (Å²) in [5.74, 6) is 1.96. The van der Waals surface area contributed by atoms with E-state index in [4.69, 9.17) is 5.73 Å². The highest BCUT2D eigenvalue weighted by atomic mass is 32.2. The molecule has 5 unspecified atom stereocenters. The summed E-state index contributed by atoms with van der Waals surface area (Å²) in [6.45, 7) is 9.99. The van der Waals surface area contributed by atoms with Crippen LogP contribution < -0.4 is 11.1 Å². The fourth-order valence-corrected chi connectivity index (χ4v) is 6.82. The van der Waals surface area contributed by atoms with Crippen LogP contribution in [-0.2, 0) is 15.8 Å². The first-order chi connectivity index (χ1) is 16.2. The van der Waals surface area contributed by atoms with Gasteiger partial charge in [-0.2, -0.15) is 13.2 Å². The van der Waals surface area contributed by atoms with Crippen LogP contribution in [0.2, 0.25) is 0 Å². The van der Waals surface area contributed by atoms with Crippen molar-refractivity contribution in [1.82, 2.24) is 9.62 Å². The van der Waals surface area contributed by atoms with E-state index in [1.165, 1.54) is 25.0 Å². The number of hydrogen-bond acceptors (Lipinski definition) is 5. The minimum Gasteiger partial charge on any atom is -0.369 e. The molecule has 0 aromatic heterocycles. The number of primary amides is 1. The van der Waals surface area contributed by atoms with E-state index < -0.39 is 17.3 Å². The fraction of sp³-hybridized carbons (Fsp3) is 0.692. The molecule has 2 bridgehead atoms. The van der Waals surface area contributed by atoms with E-state index in [9.17, 15) is 22.8 Å². The Balaban J connectivity index is 0.000000250. The van der Waals surface area contributed by atoms with Gasteiger partial charge in [0.25, 0.3) is 0 Å². The number of nitrogens with two attached hydrogens (primary N) is 1. The van der Waals surface area contributed by atoms with Crippen molar-refractivity contribution in [3.63, 3.8) is 0 Å². The van der Waals surface area contributed by atoms with Crippen LogP contribution in [-0.4, -0.2) is 41.7 Å². The zero-order valence-corrected chi connectivity index (χ0v) is 22.4. The number of fused-ring (bicyclic) bond motifs is 2. The van der Waals surface area contributed by atoms with Crippen molar-refractivity contribution in [3.05, 3.63) is 29.8 Å². The number of alkyl halides is 3. The first-order valence-corrected chi connectivity index (χ1v) is 13.0. The molecular formula is C26H40F3N3O2S. The van der Waals surface area contributed by atoms with E-state index in [1.54, 1.807) is 31.1 Å². The Kier molecular flexibility index (Phi) is 9.87. The first kappa shape index (κ1) is 29.6. The van der Waals surface area contributed by atoms with Crippen molar-refractivity contribution >= 4 is 24.1 Å². The first-order valence-electron chi connectivity index (χ1n) is 12.2. The van der Waals surface area contributed by atoms with Gasteiger partial charge in [0, 0.05) is 22.9 Å². The predicted molar refractivity (Wildman–Crippen MR) is 135 cm³/mol. The summed E-state index contributed by atoms with van der Waals surface area (Å²) >= 11 is 0.956. The zero-order valence-electron chi connectivity index (χ0n) is 21.6. The second-order valence-electron chi connectivity index (χ2n) is 10.8. The molecule has 9 heteroatoms. The number of nitrogens with one attached hydrogen (secondary N) is 1. The van der Waals surface area contributed by atoms with Crippen molar-refractivity contribution < 1.29 is 22.8 Å². The van der Waals surface area contributed by atoms with Gasteiger partial charge in [-0.15, -0.1) is 0 Å². The molecule has 5 nitrogen and oxygen atoms in total. The summed E-state index contributed by atoms with van der Waals surface area (Å²) in [6.07, 6.45) is 0.825. The average Bonchev–Trinajstić information content (AvgIpc) is 2.77. The van der Waals surface area contributed by atoms with E-state index in [0.29, 0.717) is 24.4 Å². The molecule has 3 N–H and O–H groups in total. The highest BCUT2D eigenvalue weighted by Gasteiger charge is 2.47. The Morgan fingerprint density at radius 3 is 2.40 bits per heavy atom. The summed E-state index contributed by atoms with van der Waals surface area (Å²) in [4.78, 5) is 22.7. The van der Waals surface area contributed by atoms with Gasteiger partial charge in [-0.1, -0.05) is 32.9 Å². The Morgan fingerprint density at radius 1 is 1.26 bits per heavy atom. The summed E-state index contributed by atoms with van der Waals surface area (Å²) in [7, 11) is 2.04. The molecule has 2 aliphatic carbocycles. The van der Waals surface area contributed by atoms with Gasteiger partial charge in [-0.25, -0.2) is 4.31 Å². The van der Waals surface area contributed by atoms with Crippen molar-refractivity contribution in [2.45, 2.75) is 83.0 Å². The fourth-order valence-electron chi connectivity index (χ4n) is 5.75. The summed E-state index contributed by atoms with van der Waals surface area (Å²) < 4.78 is 40.3.